The molecule has 2 aromatic rings. The zero-order valence-corrected chi connectivity index (χ0v) is 14.0. The molecule has 1 fully saturated rings. The van der Waals surface area contributed by atoms with Crippen molar-refractivity contribution in [3.63, 3.8) is 0 Å². The van der Waals surface area contributed by atoms with Crippen LogP contribution < -0.4 is 0 Å². The van der Waals surface area contributed by atoms with E-state index in [2.05, 4.69) is 30.1 Å². The summed E-state index contributed by atoms with van der Waals surface area (Å²) in [5.41, 5.74) is 3.56. The summed E-state index contributed by atoms with van der Waals surface area (Å²) in [4.78, 5) is 3.56. The molecule has 0 N–H and O–H groups in total. The highest BCUT2D eigenvalue weighted by molar-refractivity contribution is 7.89. The molecule has 4 nitrogen and oxygen atoms in total. The number of sulfonamides is 1. The van der Waals surface area contributed by atoms with Gasteiger partial charge in [-0.15, -0.1) is 0 Å². The summed E-state index contributed by atoms with van der Waals surface area (Å²) in [5, 5.41) is 0. The van der Waals surface area contributed by atoms with Crippen molar-refractivity contribution in [3.05, 3.63) is 59.2 Å². The van der Waals surface area contributed by atoms with Gasteiger partial charge in [-0.2, -0.15) is 4.31 Å². The van der Waals surface area contributed by atoms with Gasteiger partial charge in [-0.05, 0) is 43.4 Å². The van der Waals surface area contributed by atoms with Gasteiger partial charge in [0.15, 0.2) is 0 Å². The zero-order chi connectivity index (χ0) is 16.6. The average Bonchev–Trinajstić information content (AvgIpc) is 2.97. The third kappa shape index (κ3) is 3.14. The van der Waals surface area contributed by atoms with Gasteiger partial charge in [0.2, 0.25) is 10.0 Å². The molecule has 1 aromatic carbocycles. The van der Waals surface area contributed by atoms with Gasteiger partial charge in [-0.25, -0.2) is 12.8 Å². The molecule has 0 radical (unpaired) electrons. The summed E-state index contributed by atoms with van der Waals surface area (Å²) in [6, 6.07) is 7.26. The van der Waals surface area contributed by atoms with Crippen LogP contribution in [0.5, 0.6) is 0 Å². The van der Waals surface area contributed by atoms with Crippen LogP contribution in [-0.2, 0) is 10.0 Å². The molecule has 122 valence electrons. The number of rotatable bonds is 3. The van der Waals surface area contributed by atoms with E-state index in [9.17, 15) is 12.8 Å². The summed E-state index contributed by atoms with van der Waals surface area (Å²) in [6.07, 6.45) is 2.97. The van der Waals surface area contributed by atoms with Crippen molar-refractivity contribution in [3.8, 4) is 0 Å². The molecule has 3 rings (SSSR count). The molecular weight excluding hydrogens is 315 g/mol. The summed E-state index contributed by atoms with van der Waals surface area (Å²) in [5.74, 6) is -0.469. The Kier molecular flexibility index (Phi) is 4.21. The Bertz CT molecular complexity index is 836. The molecule has 0 saturated carbocycles. The Morgan fingerprint density at radius 2 is 2.00 bits per heavy atom. The van der Waals surface area contributed by atoms with E-state index in [1.54, 1.807) is 0 Å². The van der Waals surface area contributed by atoms with E-state index in [1.807, 2.05) is 6.92 Å². The van der Waals surface area contributed by atoms with E-state index in [0.717, 1.165) is 18.7 Å². The largest absolute Gasteiger partial charge is 0.260 e. The van der Waals surface area contributed by atoms with Gasteiger partial charge in [0.1, 0.15) is 10.7 Å². The van der Waals surface area contributed by atoms with Crippen molar-refractivity contribution in [1.29, 1.82) is 0 Å². The number of hydrogen-bond acceptors (Lipinski definition) is 3. The number of pyridine rings is 1. The fraction of sp³-hybridized carbons (Fsp3) is 0.353. The van der Waals surface area contributed by atoms with Crippen LogP contribution in [-0.4, -0.2) is 30.8 Å². The Labute approximate surface area is 136 Å². The predicted octanol–water partition coefficient (Wildman–Crippen LogP) is 3.02. The first-order valence-corrected chi connectivity index (χ1v) is 9.00. The third-order valence-electron chi connectivity index (χ3n) is 4.33. The Morgan fingerprint density at radius 3 is 2.70 bits per heavy atom. The van der Waals surface area contributed by atoms with Crippen molar-refractivity contribution in [2.45, 2.75) is 31.1 Å². The third-order valence-corrected chi connectivity index (χ3v) is 6.16. The topological polar surface area (TPSA) is 50.3 Å². The van der Waals surface area contributed by atoms with Crippen molar-refractivity contribution < 1.29 is 12.8 Å². The lowest BCUT2D eigenvalue weighted by molar-refractivity contribution is 0.471. The number of halogens is 1. The number of nitrogens with zero attached hydrogens (tertiary/aromatic N) is 2. The Hall–Kier alpha value is -1.79. The first-order chi connectivity index (χ1) is 10.9. The smallest absolute Gasteiger partial charge is 0.244 e. The minimum Gasteiger partial charge on any atom is -0.260 e. The molecule has 1 unspecified atom stereocenters. The van der Waals surface area contributed by atoms with Gasteiger partial charge in [0.05, 0.1) is 6.20 Å². The van der Waals surface area contributed by atoms with Crippen molar-refractivity contribution in [2.24, 2.45) is 0 Å². The molecule has 1 saturated heterocycles. The second-order valence-corrected chi connectivity index (χ2v) is 7.99. The van der Waals surface area contributed by atoms with E-state index in [0.29, 0.717) is 13.1 Å². The minimum absolute atomic E-state index is 0.0845. The highest BCUT2D eigenvalue weighted by atomic mass is 32.2. The Balaban J connectivity index is 1.84. The number of aromatic nitrogens is 1. The average molecular weight is 334 g/mol. The van der Waals surface area contributed by atoms with Crippen LogP contribution in [0.15, 0.2) is 41.6 Å². The lowest BCUT2D eigenvalue weighted by Crippen LogP contribution is -2.29. The maximum Gasteiger partial charge on any atom is 0.244 e. The quantitative estimate of drug-likeness (QED) is 0.867. The lowest BCUT2D eigenvalue weighted by Gasteiger charge is -2.17. The molecule has 0 bridgehead atoms. The van der Waals surface area contributed by atoms with Crippen LogP contribution in [0.4, 0.5) is 4.39 Å². The molecule has 23 heavy (non-hydrogen) atoms. The van der Waals surface area contributed by atoms with Crippen molar-refractivity contribution in [2.75, 3.05) is 13.1 Å². The van der Waals surface area contributed by atoms with E-state index >= 15 is 0 Å². The summed E-state index contributed by atoms with van der Waals surface area (Å²) in [7, 11) is -3.69. The number of benzene rings is 1. The van der Waals surface area contributed by atoms with E-state index in [1.165, 1.54) is 27.2 Å². The number of hydrogen-bond donors (Lipinski definition) is 0. The van der Waals surface area contributed by atoms with Gasteiger partial charge in [0, 0.05) is 19.3 Å². The molecule has 1 aliphatic heterocycles. The van der Waals surface area contributed by atoms with Crippen LogP contribution in [0.1, 0.15) is 29.0 Å². The zero-order valence-electron chi connectivity index (χ0n) is 13.2. The molecular formula is C17H19FN2O2S. The maximum atomic E-state index is 13.3. The highest BCUT2D eigenvalue weighted by Crippen LogP contribution is 2.32. The van der Waals surface area contributed by atoms with Crippen LogP contribution in [0, 0.1) is 19.7 Å². The van der Waals surface area contributed by atoms with E-state index in [4.69, 9.17) is 0 Å². The molecule has 2 heterocycles. The predicted molar refractivity (Wildman–Crippen MR) is 86.2 cm³/mol. The maximum absolute atomic E-state index is 13.3. The van der Waals surface area contributed by atoms with Gasteiger partial charge in [-0.1, -0.05) is 23.8 Å². The van der Waals surface area contributed by atoms with Gasteiger partial charge in [-0.3, -0.25) is 4.98 Å². The molecule has 1 aliphatic rings. The second-order valence-electron chi connectivity index (χ2n) is 6.05. The van der Waals surface area contributed by atoms with Crippen LogP contribution in [0.25, 0.3) is 0 Å². The molecule has 6 heteroatoms. The van der Waals surface area contributed by atoms with Crippen LogP contribution in [0.3, 0.4) is 0 Å². The van der Waals surface area contributed by atoms with Gasteiger partial charge in [0.25, 0.3) is 0 Å². The lowest BCUT2D eigenvalue weighted by atomic mass is 9.93. The second kappa shape index (κ2) is 6.02. The summed E-state index contributed by atoms with van der Waals surface area (Å²) >= 11 is 0. The van der Waals surface area contributed by atoms with Gasteiger partial charge >= 0.3 is 0 Å². The number of aryl methyl sites for hydroxylation is 2. The summed E-state index contributed by atoms with van der Waals surface area (Å²) in [6.45, 7) is 4.95. The van der Waals surface area contributed by atoms with Crippen LogP contribution in [0.2, 0.25) is 0 Å². The SMILES string of the molecule is Cc1ccc(C2CCN(S(=O)(=O)c3cncc(F)c3)C2)c(C)c1. The molecule has 0 amide bonds. The van der Waals surface area contributed by atoms with Crippen LogP contribution >= 0.6 is 0 Å². The fourth-order valence-electron chi connectivity index (χ4n) is 3.17. The van der Waals surface area contributed by atoms with Crippen molar-refractivity contribution in [1.82, 2.24) is 9.29 Å². The van der Waals surface area contributed by atoms with Gasteiger partial charge < -0.3 is 0 Å². The monoisotopic (exact) mass is 334 g/mol. The molecule has 1 atom stereocenters. The first kappa shape index (κ1) is 16.1. The minimum atomic E-state index is -3.69. The normalized spacial score (nSPS) is 19.2. The summed E-state index contributed by atoms with van der Waals surface area (Å²) < 4.78 is 39.9. The Morgan fingerprint density at radius 1 is 1.22 bits per heavy atom. The van der Waals surface area contributed by atoms with E-state index in [-0.39, 0.29) is 10.8 Å². The standard InChI is InChI=1S/C17H19FN2O2S/c1-12-3-4-17(13(2)7-12)14-5-6-20(11-14)23(21,22)16-8-15(18)9-19-10-16/h3-4,7-10,14H,5-6,11H2,1-2H3. The first-order valence-electron chi connectivity index (χ1n) is 7.56. The molecule has 0 aliphatic carbocycles. The fourth-order valence-corrected chi connectivity index (χ4v) is 4.64. The van der Waals surface area contributed by atoms with Crippen molar-refractivity contribution >= 4 is 10.0 Å². The highest BCUT2D eigenvalue weighted by Gasteiger charge is 2.34. The molecule has 0 spiro atoms. The molecule has 1 aromatic heterocycles. The van der Waals surface area contributed by atoms with E-state index < -0.39 is 15.8 Å².